The smallest absolute Gasteiger partial charge is 0.407 e. The first-order chi connectivity index (χ1) is 17.1. The van der Waals surface area contributed by atoms with E-state index in [9.17, 15) is 14.4 Å². The number of hydrogen-bond donors (Lipinski definition) is 1. The summed E-state index contributed by atoms with van der Waals surface area (Å²) in [6.07, 6.45) is 4.28. The van der Waals surface area contributed by atoms with E-state index in [0.29, 0.717) is 6.42 Å². The van der Waals surface area contributed by atoms with E-state index in [0.717, 1.165) is 33.9 Å². The van der Waals surface area contributed by atoms with Crippen LogP contribution in [0.2, 0.25) is 0 Å². The Morgan fingerprint density at radius 1 is 0.972 bits per heavy atom. The minimum atomic E-state index is -0.638. The summed E-state index contributed by atoms with van der Waals surface area (Å²) in [6, 6.07) is 15.1. The van der Waals surface area contributed by atoms with Gasteiger partial charge in [-0.3, -0.25) is 14.6 Å². The summed E-state index contributed by atoms with van der Waals surface area (Å²) < 4.78 is 10.6. The normalized spacial score (nSPS) is 12.1. The predicted octanol–water partition coefficient (Wildman–Crippen LogP) is 5.50. The summed E-state index contributed by atoms with van der Waals surface area (Å²) in [4.78, 5) is 41.5. The maximum absolute atomic E-state index is 13.4. The van der Waals surface area contributed by atoms with Crippen LogP contribution in [-0.4, -0.2) is 35.0 Å². The van der Waals surface area contributed by atoms with Crippen molar-refractivity contribution >= 4 is 28.6 Å². The maximum atomic E-state index is 13.4. The number of ketones is 1. The van der Waals surface area contributed by atoms with E-state index in [-0.39, 0.29) is 31.3 Å². The molecule has 0 spiro atoms. The molecule has 0 radical (unpaired) electrons. The zero-order valence-electron chi connectivity index (χ0n) is 21.4. The van der Waals surface area contributed by atoms with Gasteiger partial charge in [-0.25, -0.2) is 4.79 Å². The number of amides is 1. The number of alkyl carbamates (subject to hydrolysis) is 1. The highest BCUT2D eigenvalue weighted by atomic mass is 16.6. The molecule has 0 aliphatic heterocycles. The Kier molecular flexibility index (Phi) is 9.17. The van der Waals surface area contributed by atoms with Crippen LogP contribution in [0, 0.1) is 0 Å². The molecule has 3 rings (SSSR count). The summed E-state index contributed by atoms with van der Waals surface area (Å²) in [5.41, 5.74) is 1.85. The lowest BCUT2D eigenvalue weighted by atomic mass is 9.90. The van der Waals surface area contributed by atoms with Crippen LogP contribution in [0.1, 0.15) is 63.1 Å². The first-order valence-corrected chi connectivity index (χ1v) is 12.2. The first kappa shape index (κ1) is 26.9. The van der Waals surface area contributed by atoms with Gasteiger partial charge in [-0.2, -0.15) is 0 Å². The van der Waals surface area contributed by atoms with Gasteiger partial charge in [-0.1, -0.05) is 49.4 Å². The lowest BCUT2D eigenvalue weighted by molar-refractivity contribution is -0.145. The standard InChI is InChI=1S/C29H34N2O5/c1-5-6-27(33)35-19-20-7-10-22(11-8-20)25(18-31-28(34)36-29(2,3)4)26(32)16-21-9-12-24-17-30-14-13-23(24)15-21/h7-15,17,25H,5-6,16,18-19H2,1-4H3,(H,31,34). The zero-order valence-corrected chi connectivity index (χ0v) is 21.4. The fourth-order valence-corrected chi connectivity index (χ4v) is 3.77. The zero-order chi connectivity index (χ0) is 26.1. The van der Waals surface area contributed by atoms with Crippen molar-refractivity contribution in [2.75, 3.05) is 6.54 Å². The number of nitrogens with zero attached hydrogens (tertiary/aromatic N) is 1. The third kappa shape index (κ3) is 8.18. The Morgan fingerprint density at radius 3 is 2.39 bits per heavy atom. The average Bonchev–Trinajstić information content (AvgIpc) is 2.82. The maximum Gasteiger partial charge on any atom is 0.407 e. The molecule has 1 aromatic heterocycles. The van der Waals surface area contributed by atoms with Gasteiger partial charge in [0.2, 0.25) is 0 Å². The number of carbonyl (C=O) groups is 3. The number of Topliss-reactive ketones (excluding diaryl/α,β-unsaturated/α-hetero) is 1. The average molecular weight is 491 g/mol. The third-order valence-electron chi connectivity index (χ3n) is 5.56. The van der Waals surface area contributed by atoms with Crippen molar-refractivity contribution in [3.05, 3.63) is 77.6 Å². The Morgan fingerprint density at radius 2 is 1.69 bits per heavy atom. The molecule has 2 aromatic carbocycles. The second kappa shape index (κ2) is 12.3. The SMILES string of the molecule is CCCC(=O)OCc1ccc(C(CNC(=O)OC(C)(C)C)C(=O)Cc2ccc3cnccc3c2)cc1. The van der Waals surface area contributed by atoms with Crippen LogP contribution in [0.15, 0.2) is 60.9 Å². The number of aromatic nitrogens is 1. The number of benzene rings is 2. The number of fused-ring (bicyclic) bond motifs is 1. The van der Waals surface area contributed by atoms with Crippen LogP contribution in [0.5, 0.6) is 0 Å². The van der Waals surface area contributed by atoms with Crippen molar-refractivity contribution < 1.29 is 23.9 Å². The van der Waals surface area contributed by atoms with Crippen molar-refractivity contribution in [3.8, 4) is 0 Å². The molecule has 0 saturated carbocycles. The lowest BCUT2D eigenvalue weighted by Crippen LogP contribution is -2.36. The van der Waals surface area contributed by atoms with Gasteiger partial charge in [0.25, 0.3) is 0 Å². The topological polar surface area (TPSA) is 94.6 Å². The third-order valence-corrected chi connectivity index (χ3v) is 5.56. The number of pyridine rings is 1. The predicted molar refractivity (Wildman–Crippen MR) is 139 cm³/mol. The molecule has 36 heavy (non-hydrogen) atoms. The summed E-state index contributed by atoms with van der Waals surface area (Å²) in [6.45, 7) is 7.58. The van der Waals surface area contributed by atoms with Crippen molar-refractivity contribution in [2.24, 2.45) is 0 Å². The van der Waals surface area contributed by atoms with Gasteiger partial charge in [0.1, 0.15) is 18.0 Å². The van der Waals surface area contributed by atoms with Crippen LogP contribution < -0.4 is 5.32 Å². The molecule has 0 aliphatic carbocycles. The molecule has 1 heterocycles. The van der Waals surface area contributed by atoms with E-state index in [4.69, 9.17) is 9.47 Å². The molecule has 1 N–H and O–H groups in total. The number of rotatable bonds is 10. The molecule has 1 amide bonds. The number of nitrogens with one attached hydrogen (secondary N) is 1. The number of carbonyl (C=O) groups excluding carboxylic acids is 3. The second-order valence-corrected chi connectivity index (χ2v) is 9.79. The van der Waals surface area contributed by atoms with Crippen molar-refractivity contribution in [2.45, 2.75) is 65.1 Å². The Labute approximate surface area is 212 Å². The molecule has 7 heteroatoms. The number of hydrogen-bond acceptors (Lipinski definition) is 6. The monoisotopic (exact) mass is 490 g/mol. The van der Waals surface area contributed by atoms with Gasteiger partial charge in [0.05, 0.1) is 5.92 Å². The molecule has 1 atom stereocenters. The van der Waals surface area contributed by atoms with Crippen LogP contribution in [0.3, 0.4) is 0 Å². The first-order valence-electron chi connectivity index (χ1n) is 12.2. The molecule has 3 aromatic rings. The largest absolute Gasteiger partial charge is 0.461 e. The minimum Gasteiger partial charge on any atom is -0.461 e. The van der Waals surface area contributed by atoms with Gasteiger partial charge < -0.3 is 14.8 Å². The minimum absolute atomic E-state index is 0.0263. The summed E-state index contributed by atoms with van der Waals surface area (Å²) in [5.74, 6) is -0.828. The van der Waals surface area contributed by atoms with Crippen LogP contribution in [0.4, 0.5) is 4.79 Å². The van der Waals surface area contributed by atoms with Crippen LogP contribution >= 0.6 is 0 Å². The highest BCUT2D eigenvalue weighted by Gasteiger charge is 2.24. The molecule has 1 unspecified atom stereocenters. The molecular formula is C29H34N2O5. The molecule has 0 saturated heterocycles. The Balaban J connectivity index is 1.75. The van der Waals surface area contributed by atoms with E-state index in [1.54, 1.807) is 33.2 Å². The fraction of sp³-hybridized carbons (Fsp3) is 0.379. The fourth-order valence-electron chi connectivity index (χ4n) is 3.77. The second-order valence-electron chi connectivity index (χ2n) is 9.79. The Hall–Kier alpha value is -3.74. The van der Waals surface area contributed by atoms with E-state index >= 15 is 0 Å². The van der Waals surface area contributed by atoms with Crippen molar-refractivity contribution in [1.29, 1.82) is 0 Å². The van der Waals surface area contributed by atoms with Gasteiger partial charge in [0, 0.05) is 37.2 Å². The van der Waals surface area contributed by atoms with Crippen LogP contribution in [0.25, 0.3) is 10.8 Å². The molecule has 190 valence electrons. The van der Waals surface area contributed by atoms with Gasteiger partial charge >= 0.3 is 12.1 Å². The molecule has 0 fully saturated rings. The lowest BCUT2D eigenvalue weighted by Gasteiger charge is -2.22. The number of esters is 1. The summed E-state index contributed by atoms with van der Waals surface area (Å²) in [7, 11) is 0. The highest BCUT2D eigenvalue weighted by Crippen LogP contribution is 2.22. The van der Waals surface area contributed by atoms with E-state index in [1.165, 1.54) is 0 Å². The Bertz CT molecular complexity index is 1200. The van der Waals surface area contributed by atoms with Gasteiger partial charge in [-0.15, -0.1) is 0 Å². The highest BCUT2D eigenvalue weighted by molar-refractivity contribution is 5.90. The van der Waals surface area contributed by atoms with E-state index in [1.807, 2.05) is 55.5 Å². The van der Waals surface area contributed by atoms with E-state index in [2.05, 4.69) is 10.3 Å². The van der Waals surface area contributed by atoms with Gasteiger partial charge in [-0.05, 0) is 55.3 Å². The summed E-state index contributed by atoms with van der Waals surface area (Å²) in [5, 5.41) is 4.76. The molecular weight excluding hydrogens is 456 g/mol. The molecule has 0 bridgehead atoms. The quantitative estimate of drug-likeness (QED) is 0.377. The molecule has 0 aliphatic rings. The van der Waals surface area contributed by atoms with Gasteiger partial charge in [0.15, 0.2) is 0 Å². The molecule has 7 nitrogen and oxygen atoms in total. The van der Waals surface area contributed by atoms with E-state index < -0.39 is 17.6 Å². The van der Waals surface area contributed by atoms with Crippen molar-refractivity contribution in [3.63, 3.8) is 0 Å². The van der Waals surface area contributed by atoms with Crippen LogP contribution in [-0.2, 0) is 32.1 Å². The summed E-state index contributed by atoms with van der Waals surface area (Å²) >= 11 is 0. The van der Waals surface area contributed by atoms with Crippen molar-refractivity contribution in [1.82, 2.24) is 10.3 Å². The number of ether oxygens (including phenoxy) is 2.